The van der Waals surface area contributed by atoms with Gasteiger partial charge in [-0.2, -0.15) is 0 Å². The first-order valence-electron chi connectivity index (χ1n) is 9.24. The van der Waals surface area contributed by atoms with Gasteiger partial charge in [-0.1, -0.05) is 5.57 Å². The maximum atomic E-state index is 11.3. The third-order valence-electron chi connectivity index (χ3n) is 5.29. The number of aromatic nitrogens is 2. The van der Waals surface area contributed by atoms with Crippen LogP contribution in [0.15, 0.2) is 29.4 Å². The van der Waals surface area contributed by atoms with Crippen LogP contribution in [0.1, 0.15) is 29.1 Å². The Hall–Kier alpha value is -2.12. The van der Waals surface area contributed by atoms with Crippen molar-refractivity contribution in [1.82, 2.24) is 25.1 Å². The zero-order valence-electron chi connectivity index (χ0n) is 15.1. The highest BCUT2D eigenvalue weighted by atomic mass is 32.1. The van der Waals surface area contributed by atoms with E-state index >= 15 is 0 Å². The molecule has 7 heteroatoms. The van der Waals surface area contributed by atoms with Crippen molar-refractivity contribution in [2.24, 2.45) is 0 Å². The van der Waals surface area contributed by atoms with Crippen molar-refractivity contribution in [3.63, 3.8) is 0 Å². The zero-order valence-corrected chi connectivity index (χ0v) is 15.9. The third kappa shape index (κ3) is 3.41. The summed E-state index contributed by atoms with van der Waals surface area (Å²) < 4.78 is 2.30. The molecule has 6 nitrogen and oxygen atoms in total. The van der Waals surface area contributed by atoms with Gasteiger partial charge < -0.3 is 20.1 Å². The summed E-state index contributed by atoms with van der Waals surface area (Å²) in [5, 5.41) is 7.67. The Bertz CT molecular complexity index is 767. The van der Waals surface area contributed by atoms with Gasteiger partial charge in [0.1, 0.15) is 5.82 Å². The molecule has 2 aliphatic heterocycles. The minimum atomic E-state index is -0.111. The molecular weight excluding hydrogens is 346 g/mol. The van der Waals surface area contributed by atoms with Crippen LogP contribution >= 0.6 is 11.3 Å². The summed E-state index contributed by atoms with van der Waals surface area (Å²) in [6.45, 7) is 4.67. The Morgan fingerprint density at radius 2 is 2.12 bits per heavy atom. The second kappa shape index (κ2) is 7.63. The van der Waals surface area contributed by atoms with E-state index in [0.29, 0.717) is 6.54 Å². The second-order valence-electron chi connectivity index (χ2n) is 6.80. The molecule has 0 spiro atoms. The number of nitrogens with one attached hydrogen (secondary N) is 2. The highest BCUT2D eigenvalue weighted by molar-refractivity contribution is 7.11. The number of rotatable bonds is 3. The number of amides is 2. The molecule has 2 aromatic rings. The van der Waals surface area contributed by atoms with E-state index in [1.807, 2.05) is 17.5 Å². The number of hydrogen-bond acceptors (Lipinski definition) is 4. The van der Waals surface area contributed by atoms with E-state index in [-0.39, 0.29) is 6.03 Å². The van der Waals surface area contributed by atoms with E-state index in [0.717, 1.165) is 51.3 Å². The van der Waals surface area contributed by atoms with Crippen LogP contribution in [0.4, 0.5) is 4.79 Å². The van der Waals surface area contributed by atoms with Crippen LogP contribution in [0.2, 0.25) is 0 Å². The number of likely N-dealkylation sites (tertiary alicyclic amines) is 1. The standard InChI is InChI=1S/C19H25N5OS/c1-20-19(25)22-6-11-23-8-2-14(3-9-23)16-17-15(5-13-26-17)4-10-24-12-7-21-18(16)24/h5,7,12-13H,2-4,6,8-11H2,1H3,(H2,20,22,25). The fraction of sp³-hybridized carbons (Fsp3) is 0.474. The van der Waals surface area contributed by atoms with Crippen molar-refractivity contribution < 1.29 is 4.79 Å². The van der Waals surface area contributed by atoms with Crippen LogP contribution < -0.4 is 10.6 Å². The van der Waals surface area contributed by atoms with Gasteiger partial charge in [-0.3, -0.25) is 0 Å². The molecule has 1 fully saturated rings. The number of urea groups is 1. The number of nitrogens with zero attached hydrogens (tertiary/aromatic N) is 3. The highest BCUT2D eigenvalue weighted by Gasteiger charge is 2.25. The lowest BCUT2D eigenvalue weighted by Crippen LogP contribution is -2.40. The van der Waals surface area contributed by atoms with Crippen molar-refractivity contribution in [2.75, 3.05) is 33.2 Å². The molecule has 26 heavy (non-hydrogen) atoms. The molecule has 0 unspecified atom stereocenters. The van der Waals surface area contributed by atoms with Gasteiger partial charge >= 0.3 is 6.03 Å². The molecule has 0 bridgehead atoms. The van der Waals surface area contributed by atoms with E-state index in [9.17, 15) is 4.79 Å². The summed E-state index contributed by atoms with van der Waals surface area (Å²) in [4.78, 5) is 19.8. The molecule has 2 aromatic heterocycles. The molecule has 2 aliphatic rings. The first kappa shape index (κ1) is 17.3. The van der Waals surface area contributed by atoms with Gasteiger partial charge in [0.15, 0.2) is 0 Å². The summed E-state index contributed by atoms with van der Waals surface area (Å²) in [6, 6.07) is 2.16. The van der Waals surface area contributed by atoms with E-state index in [4.69, 9.17) is 4.98 Å². The molecule has 0 radical (unpaired) electrons. The van der Waals surface area contributed by atoms with E-state index < -0.39 is 0 Å². The Balaban J connectivity index is 1.50. The van der Waals surface area contributed by atoms with Gasteiger partial charge in [-0.25, -0.2) is 9.78 Å². The van der Waals surface area contributed by atoms with Gasteiger partial charge in [0.05, 0.1) is 0 Å². The number of fused-ring (bicyclic) bond motifs is 2. The monoisotopic (exact) mass is 371 g/mol. The second-order valence-corrected chi connectivity index (χ2v) is 7.71. The molecule has 0 saturated carbocycles. The number of imidazole rings is 1. The largest absolute Gasteiger partial charge is 0.341 e. The summed E-state index contributed by atoms with van der Waals surface area (Å²) in [7, 11) is 1.64. The molecule has 4 rings (SSSR count). The predicted molar refractivity (Wildman–Crippen MR) is 104 cm³/mol. The number of carbonyl (C=O) groups is 1. The molecule has 138 valence electrons. The van der Waals surface area contributed by atoms with Gasteiger partial charge in [-0.05, 0) is 36.3 Å². The molecule has 4 heterocycles. The fourth-order valence-corrected chi connectivity index (χ4v) is 4.89. The average Bonchev–Trinajstić information content (AvgIpc) is 3.29. The Morgan fingerprint density at radius 1 is 1.27 bits per heavy atom. The quantitative estimate of drug-likeness (QED) is 0.870. The highest BCUT2D eigenvalue weighted by Crippen LogP contribution is 2.38. The van der Waals surface area contributed by atoms with Crippen molar-refractivity contribution in [3.05, 3.63) is 45.7 Å². The van der Waals surface area contributed by atoms with Crippen LogP contribution in [0.3, 0.4) is 0 Å². The lowest BCUT2D eigenvalue weighted by molar-refractivity contribution is 0.233. The Morgan fingerprint density at radius 3 is 2.92 bits per heavy atom. The van der Waals surface area contributed by atoms with Crippen LogP contribution in [-0.4, -0.2) is 53.7 Å². The smallest absolute Gasteiger partial charge is 0.314 e. The minimum absolute atomic E-state index is 0.111. The average molecular weight is 372 g/mol. The zero-order chi connectivity index (χ0) is 17.9. The van der Waals surface area contributed by atoms with Gasteiger partial charge in [-0.15, -0.1) is 11.3 Å². The number of carbonyl (C=O) groups excluding carboxylic acids is 1. The number of piperidine rings is 1. The normalized spacial score (nSPS) is 17.4. The molecule has 0 atom stereocenters. The first-order chi connectivity index (χ1) is 12.8. The third-order valence-corrected chi connectivity index (χ3v) is 6.26. The summed E-state index contributed by atoms with van der Waals surface area (Å²) in [6.07, 6.45) is 7.25. The van der Waals surface area contributed by atoms with Crippen molar-refractivity contribution >= 4 is 22.9 Å². The van der Waals surface area contributed by atoms with Crippen molar-refractivity contribution in [3.8, 4) is 0 Å². The maximum absolute atomic E-state index is 11.3. The Kier molecular flexibility index (Phi) is 5.08. The molecule has 1 saturated heterocycles. The van der Waals surface area contributed by atoms with E-state index in [2.05, 4.69) is 37.7 Å². The Labute approximate surface area is 157 Å². The van der Waals surface area contributed by atoms with Gasteiger partial charge in [0.25, 0.3) is 0 Å². The summed E-state index contributed by atoms with van der Waals surface area (Å²) in [5.74, 6) is 1.14. The van der Waals surface area contributed by atoms with Crippen molar-refractivity contribution in [1.29, 1.82) is 0 Å². The molecule has 0 aliphatic carbocycles. The number of thiophene rings is 1. The number of aryl methyl sites for hydroxylation is 2. The molecule has 2 amide bonds. The van der Waals surface area contributed by atoms with Crippen molar-refractivity contribution in [2.45, 2.75) is 25.8 Å². The maximum Gasteiger partial charge on any atom is 0.314 e. The topological polar surface area (TPSA) is 62.2 Å². The summed E-state index contributed by atoms with van der Waals surface area (Å²) >= 11 is 1.85. The van der Waals surface area contributed by atoms with Crippen LogP contribution in [-0.2, 0) is 13.0 Å². The SMILES string of the molecule is CNC(=O)NCCN1CCC(=C2c3sccc3CCn3ccnc32)CC1. The minimum Gasteiger partial charge on any atom is -0.341 e. The van der Waals surface area contributed by atoms with E-state index in [1.54, 1.807) is 7.05 Å². The van der Waals surface area contributed by atoms with Crippen LogP contribution in [0.25, 0.3) is 5.57 Å². The van der Waals surface area contributed by atoms with Crippen LogP contribution in [0, 0.1) is 0 Å². The van der Waals surface area contributed by atoms with Crippen LogP contribution in [0.5, 0.6) is 0 Å². The summed E-state index contributed by atoms with van der Waals surface area (Å²) in [5.41, 5.74) is 4.36. The van der Waals surface area contributed by atoms with Gasteiger partial charge in [0, 0.05) is 62.6 Å². The lowest BCUT2D eigenvalue weighted by Gasteiger charge is -2.29. The molecule has 0 aromatic carbocycles. The molecular formula is C19H25N5OS. The first-order valence-corrected chi connectivity index (χ1v) is 10.1. The number of hydrogen-bond donors (Lipinski definition) is 2. The fourth-order valence-electron chi connectivity index (χ4n) is 3.84. The van der Waals surface area contributed by atoms with E-state index in [1.165, 1.54) is 21.6 Å². The lowest BCUT2D eigenvalue weighted by atomic mass is 9.95. The predicted octanol–water partition coefficient (Wildman–Crippen LogP) is 2.33. The van der Waals surface area contributed by atoms with Gasteiger partial charge in [0.2, 0.25) is 0 Å². The molecule has 2 N–H and O–H groups in total.